The fourth-order valence-electron chi connectivity index (χ4n) is 18.6. The van der Waals surface area contributed by atoms with Crippen LogP contribution in [-0.4, -0.2) is 75.4 Å². The van der Waals surface area contributed by atoms with Gasteiger partial charge in [-0.05, 0) is 215 Å². The van der Waals surface area contributed by atoms with Gasteiger partial charge < -0.3 is 27.2 Å². The van der Waals surface area contributed by atoms with Gasteiger partial charge in [-0.1, -0.05) is 97.1 Å². The molecule has 0 radical (unpaired) electrons. The second-order valence-corrected chi connectivity index (χ2v) is 26.3. The molecule has 8 saturated carbocycles. The topological polar surface area (TPSA) is 87.1 Å². The number of Topliss-reactive ketones (excluding diaryl/α,β-unsaturated/α-hetero) is 1. The summed E-state index contributed by atoms with van der Waals surface area (Å²) in [4.78, 5) is 32.0. The van der Waals surface area contributed by atoms with Crippen molar-refractivity contribution in [2.75, 3.05) is 14.2 Å². The van der Waals surface area contributed by atoms with Crippen molar-refractivity contribution in [1.29, 1.82) is 0 Å². The Bertz CT molecular complexity index is 2500. The van der Waals surface area contributed by atoms with E-state index in [1.807, 2.05) is 31.2 Å². The van der Waals surface area contributed by atoms with Crippen LogP contribution in [0.25, 0.3) is 21.5 Å². The van der Waals surface area contributed by atoms with Gasteiger partial charge in [-0.15, -0.1) is 16.8 Å². The molecule has 0 saturated heterocycles. The molecular formula is C66H94BrMgNO5. The standard InChI is InChI=1S/C31H40O2.C23H39NO3.C10H7.2CH4.BrH.Mg/c1-29(33)16-17-30(2)23(19-29)10-11-24-25-12-13-27(31(25,3)15-14-26(24)30)28(32)22-9-8-20-6-4-5-7-21(20)18-22;1-21(26)12-13-22(2)15(14-21)6-7-16-17-8-9-19(20(25)24(4)27-5)23(17,3)11-10-18(16)22;1-2-6-10-8-4-3-7-9(10)5-1;;;;/h4-9,18,23-27,33H,10-17,19H2,1-3H3;15-19,26H,6-14H2,1-5H3;1-3,5-8H;2*1H4;1H;/q;;-1;;;;+2/p-1/t23-,24+,25+,26+,27-,29-,30+,31+;15-,16+,17+,18+,19-,21-,22+,23+;;;;;/m11...../s1. The molecule has 402 valence electrons. The van der Waals surface area contributed by atoms with Crippen molar-refractivity contribution in [3.8, 4) is 0 Å². The monoisotopic (exact) mass is 1080 g/mol. The van der Waals surface area contributed by atoms with E-state index in [9.17, 15) is 19.8 Å². The van der Waals surface area contributed by atoms with Gasteiger partial charge in [-0.3, -0.25) is 14.4 Å². The smallest absolute Gasteiger partial charge is 1.00 e. The van der Waals surface area contributed by atoms with Crippen LogP contribution in [0.4, 0.5) is 0 Å². The van der Waals surface area contributed by atoms with Crippen LogP contribution in [-0.2, 0) is 9.63 Å². The molecule has 74 heavy (non-hydrogen) atoms. The maximum atomic E-state index is 13.8. The summed E-state index contributed by atoms with van der Waals surface area (Å²) in [6.07, 6.45) is 20.7. The zero-order chi connectivity index (χ0) is 49.4. The van der Waals surface area contributed by atoms with Crippen LogP contribution in [0.15, 0.2) is 84.9 Å². The molecule has 12 rings (SSSR count). The molecule has 0 bridgehead atoms. The van der Waals surface area contributed by atoms with Gasteiger partial charge in [-0.25, -0.2) is 5.06 Å². The number of rotatable bonds is 4. The fourth-order valence-corrected chi connectivity index (χ4v) is 18.6. The van der Waals surface area contributed by atoms with E-state index in [0.29, 0.717) is 40.3 Å². The van der Waals surface area contributed by atoms with Gasteiger partial charge in [-0.2, -0.15) is 24.3 Å². The van der Waals surface area contributed by atoms with Crippen LogP contribution in [0.1, 0.15) is 182 Å². The van der Waals surface area contributed by atoms with Crippen molar-refractivity contribution in [2.24, 2.45) is 80.8 Å². The second kappa shape index (κ2) is 23.2. The number of fused-ring (bicyclic) bond motifs is 12. The number of carbonyl (C=O) groups is 2. The predicted octanol–water partition coefficient (Wildman–Crippen LogP) is 12.4. The van der Waals surface area contributed by atoms with Crippen LogP contribution in [0.2, 0.25) is 0 Å². The van der Waals surface area contributed by atoms with Gasteiger partial charge in [0, 0.05) is 24.4 Å². The molecule has 8 aliphatic rings. The van der Waals surface area contributed by atoms with Gasteiger partial charge in [0.15, 0.2) is 5.78 Å². The van der Waals surface area contributed by atoms with Crippen LogP contribution in [0.3, 0.4) is 0 Å². The summed E-state index contributed by atoms with van der Waals surface area (Å²) in [7, 11) is 3.34. The molecule has 0 aliphatic heterocycles. The first-order valence-electron chi connectivity index (χ1n) is 27.9. The Morgan fingerprint density at radius 3 is 1.53 bits per heavy atom. The third kappa shape index (κ3) is 10.9. The van der Waals surface area contributed by atoms with Crippen molar-refractivity contribution in [1.82, 2.24) is 5.06 Å². The number of hydroxylamine groups is 2. The minimum atomic E-state index is -0.467. The number of benzene rings is 4. The summed E-state index contributed by atoms with van der Waals surface area (Å²) in [5.74, 6) is 6.64. The van der Waals surface area contributed by atoms with Crippen molar-refractivity contribution in [3.63, 3.8) is 0 Å². The number of amides is 1. The molecule has 0 spiro atoms. The average molecular weight is 1090 g/mol. The largest absolute Gasteiger partial charge is 2.00 e. The minimum absolute atomic E-state index is 0. The van der Waals surface area contributed by atoms with E-state index in [0.717, 1.165) is 67.8 Å². The quantitative estimate of drug-likeness (QED) is 0.0920. The second-order valence-electron chi connectivity index (χ2n) is 26.3. The Balaban J connectivity index is 0.000000196. The molecule has 2 N–H and O–H groups in total. The summed E-state index contributed by atoms with van der Waals surface area (Å²) in [5.41, 5.74) is 1.03. The number of hydrogen-bond acceptors (Lipinski definition) is 5. The molecule has 0 unspecified atom stereocenters. The Hall–Kier alpha value is -2.33. The number of nitrogens with zero attached hydrogens (tertiary/aromatic N) is 1. The van der Waals surface area contributed by atoms with E-state index in [1.54, 1.807) is 14.2 Å². The summed E-state index contributed by atoms with van der Waals surface area (Å²) < 4.78 is 0. The van der Waals surface area contributed by atoms with Gasteiger partial charge in [0.25, 0.3) is 0 Å². The number of aliphatic hydroxyl groups is 2. The Labute approximate surface area is 474 Å². The van der Waals surface area contributed by atoms with Gasteiger partial charge in [0.1, 0.15) is 0 Å². The summed E-state index contributed by atoms with van der Waals surface area (Å²) in [5, 5.41) is 27.7. The minimum Gasteiger partial charge on any atom is -1.00 e. The normalized spacial score (nSPS) is 40.2. The van der Waals surface area contributed by atoms with Crippen LogP contribution in [0.5, 0.6) is 0 Å². The van der Waals surface area contributed by atoms with Crippen molar-refractivity contribution in [2.45, 2.75) is 183 Å². The van der Waals surface area contributed by atoms with Crippen molar-refractivity contribution >= 4 is 56.3 Å². The Morgan fingerprint density at radius 1 is 0.554 bits per heavy atom. The van der Waals surface area contributed by atoms with Crippen LogP contribution >= 0.6 is 0 Å². The number of ketones is 1. The number of halogens is 1. The molecule has 8 aliphatic carbocycles. The molecule has 0 aromatic heterocycles. The Morgan fingerprint density at radius 2 is 1.01 bits per heavy atom. The van der Waals surface area contributed by atoms with Crippen LogP contribution in [0, 0.1) is 86.9 Å². The van der Waals surface area contributed by atoms with E-state index >= 15 is 0 Å². The zero-order valence-corrected chi connectivity index (χ0v) is 48.2. The molecule has 4 aromatic carbocycles. The van der Waals surface area contributed by atoms with Crippen molar-refractivity contribution < 1.29 is 41.6 Å². The van der Waals surface area contributed by atoms with Crippen molar-refractivity contribution in [3.05, 3.63) is 96.6 Å². The van der Waals surface area contributed by atoms with Crippen LogP contribution < -0.4 is 17.0 Å². The van der Waals surface area contributed by atoms with Gasteiger partial charge >= 0.3 is 23.1 Å². The summed E-state index contributed by atoms with van der Waals surface area (Å²) in [6, 6.07) is 32.0. The summed E-state index contributed by atoms with van der Waals surface area (Å²) in [6.45, 7) is 14.0. The third-order valence-corrected chi connectivity index (χ3v) is 22.7. The average Bonchev–Trinajstić information content (AvgIpc) is 3.90. The molecule has 1 amide bonds. The molecular weight excluding hydrogens is 991 g/mol. The van der Waals surface area contributed by atoms with E-state index < -0.39 is 11.2 Å². The SMILES string of the molecule is C.C.CON(C)C(=O)[C@H]1CC[C@H]2[C@@H]3CC[C@@H]4C[C@](C)(O)CC[C@]4(C)[C@H]3CC[C@]12C.C[C@@]1(O)CC[C@@]2(C)[C@H](CC[C@@H]3[C@@H]2CC[C@]2(C)[C@@H](C(=O)c4ccc5ccccc5c4)CC[C@@H]32)C1.[Br-].[Mg+2].[c-]1ccc2ccccc2c1. The number of hydrogen-bond donors (Lipinski definition) is 2. The molecule has 0 heterocycles. The molecule has 4 aromatic rings. The maximum Gasteiger partial charge on any atom is 2.00 e. The van der Waals surface area contributed by atoms with Gasteiger partial charge in [0.05, 0.1) is 18.3 Å². The fraction of sp³-hybridized carbons (Fsp3) is 0.667. The molecule has 6 nitrogen and oxygen atoms in total. The first kappa shape index (κ1) is 60.9. The molecule has 8 fully saturated rings. The molecule has 16 atom stereocenters. The number of carbonyl (C=O) groups excluding carboxylic acids is 2. The van der Waals surface area contributed by atoms with Gasteiger partial charge in [0.2, 0.25) is 5.91 Å². The first-order valence-corrected chi connectivity index (χ1v) is 27.9. The summed E-state index contributed by atoms with van der Waals surface area (Å²) >= 11 is 0. The molecule has 8 heteroatoms. The first-order chi connectivity index (χ1) is 33.3. The maximum absolute atomic E-state index is 13.8. The third-order valence-electron chi connectivity index (χ3n) is 22.7. The predicted molar refractivity (Wildman–Crippen MR) is 302 cm³/mol. The Kier molecular flexibility index (Phi) is 19.1. The van der Waals surface area contributed by atoms with E-state index in [1.165, 1.54) is 104 Å². The van der Waals surface area contributed by atoms with E-state index in [2.05, 4.69) is 101 Å². The van der Waals surface area contributed by atoms with E-state index in [4.69, 9.17) is 4.84 Å². The van der Waals surface area contributed by atoms with E-state index in [-0.39, 0.29) is 83.5 Å². The zero-order valence-electron chi connectivity index (χ0n) is 45.2.